The van der Waals surface area contributed by atoms with Crippen molar-refractivity contribution < 1.29 is 0 Å². The molecule has 2 aromatic rings. The Hall–Kier alpha value is -1.49. The van der Waals surface area contributed by atoms with Crippen LogP contribution in [-0.2, 0) is 11.8 Å². The van der Waals surface area contributed by atoms with E-state index in [2.05, 4.69) is 35.7 Å². The Balaban J connectivity index is 2.33. The molecule has 0 aromatic carbocycles. The minimum atomic E-state index is 0.0130. The van der Waals surface area contributed by atoms with Crippen LogP contribution in [-0.4, -0.2) is 15.0 Å². The van der Waals surface area contributed by atoms with E-state index >= 15 is 0 Å². The fourth-order valence-corrected chi connectivity index (χ4v) is 2.76. The predicted octanol–water partition coefficient (Wildman–Crippen LogP) is 2.40. The first-order valence-electron chi connectivity index (χ1n) is 5.46. The van der Waals surface area contributed by atoms with Gasteiger partial charge in [-0.15, -0.1) is 11.3 Å². The van der Waals surface area contributed by atoms with Crippen molar-refractivity contribution in [2.45, 2.75) is 32.6 Å². The van der Waals surface area contributed by atoms with Crippen molar-refractivity contribution in [2.75, 3.05) is 5.73 Å². The molecule has 2 N–H and O–H groups in total. The van der Waals surface area contributed by atoms with Crippen molar-refractivity contribution in [1.29, 1.82) is 0 Å². The zero-order chi connectivity index (χ0) is 12.5. The first kappa shape index (κ1) is 12.0. The van der Waals surface area contributed by atoms with Crippen molar-refractivity contribution in [3.05, 3.63) is 34.9 Å². The van der Waals surface area contributed by atoms with Gasteiger partial charge in [0.25, 0.3) is 0 Å². The minimum Gasteiger partial charge on any atom is -0.375 e. The number of hydrogen-bond donors (Lipinski definition) is 1. The second-order valence-electron chi connectivity index (χ2n) is 5.00. The summed E-state index contributed by atoms with van der Waals surface area (Å²) in [6.07, 6.45) is 5.99. The van der Waals surface area contributed by atoms with Crippen LogP contribution in [0, 0.1) is 0 Å². The third-order valence-corrected chi connectivity index (χ3v) is 3.29. The van der Waals surface area contributed by atoms with Gasteiger partial charge in [-0.25, -0.2) is 15.0 Å². The summed E-state index contributed by atoms with van der Waals surface area (Å²) in [6.45, 7) is 6.44. The molecule has 0 fully saturated rings. The Labute approximate surface area is 105 Å². The summed E-state index contributed by atoms with van der Waals surface area (Å²) < 4.78 is 0. The molecule has 2 rings (SSSR count). The average Bonchev–Trinajstić information content (AvgIpc) is 2.60. The third kappa shape index (κ3) is 2.79. The molecular weight excluding hydrogens is 232 g/mol. The first-order chi connectivity index (χ1) is 7.97. The summed E-state index contributed by atoms with van der Waals surface area (Å²) >= 11 is 1.55. The van der Waals surface area contributed by atoms with Crippen LogP contribution in [0.25, 0.3) is 0 Å². The molecule has 0 aliphatic heterocycles. The van der Waals surface area contributed by atoms with E-state index in [-0.39, 0.29) is 5.41 Å². The fraction of sp³-hybridized carbons (Fsp3) is 0.417. The van der Waals surface area contributed by atoms with Crippen LogP contribution in [0.1, 0.15) is 36.9 Å². The molecule has 0 radical (unpaired) electrons. The minimum absolute atomic E-state index is 0.0130. The molecule has 0 amide bonds. The number of nitrogens with zero attached hydrogens (tertiary/aromatic N) is 3. The van der Waals surface area contributed by atoms with Crippen molar-refractivity contribution in [3.63, 3.8) is 0 Å². The smallest absolute Gasteiger partial charge is 0.180 e. The normalized spacial score (nSPS) is 11.7. The summed E-state index contributed by atoms with van der Waals surface area (Å²) in [6, 6.07) is 0. The van der Waals surface area contributed by atoms with E-state index in [0.717, 1.165) is 17.7 Å². The van der Waals surface area contributed by atoms with Crippen molar-refractivity contribution in [3.8, 4) is 0 Å². The SMILES string of the molecule is CC(C)(C)c1nc(N)sc1Cc1cncnc1. The third-order valence-electron chi connectivity index (χ3n) is 2.40. The second kappa shape index (κ2) is 4.41. The first-order valence-corrected chi connectivity index (χ1v) is 6.28. The van der Waals surface area contributed by atoms with Crippen LogP contribution < -0.4 is 5.73 Å². The van der Waals surface area contributed by atoms with Crippen LogP contribution >= 0.6 is 11.3 Å². The standard InChI is InChI=1S/C12H16N4S/c1-12(2,3)10-9(17-11(13)16-10)4-8-5-14-7-15-6-8/h5-7H,4H2,1-3H3,(H2,13,16). The lowest BCUT2D eigenvalue weighted by molar-refractivity contribution is 0.568. The van der Waals surface area contributed by atoms with Gasteiger partial charge in [0.1, 0.15) is 6.33 Å². The lowest BCUT2D eigenvalue weighted by atomic mass is 9.90. The van der Waals surface area contributed by atoms with E-state index < -0.39 is 0 Å². The van der Waals surface area contributed by atoms with Gasteiger partial charge in [0.2, 0.25) is 0 Å². The monoisotopic (exact) mass is 248 g/mol. The Bertz CT molecular complexity index is 499. The Kier molecular flexibility index (Phi) is 3.11. The second-order valence-corrected chi connectivity index (χ2v) is 6.11. The van der Waals surface area contributed by atoms with Crippen LogP contribution in [0.2, 0.25) is 0 Å². The quantitative estimate of drug-likeness (QED) is 0.886. The number of anilines is 1. The van der Waals surface area contributed by atoms with Crippen LogP contribution in [0.4, 0.5) is 5.13 Å². The zero-order valence-corrected chi connectivity index (χ0v) is 11.1. The number of hydrogen-bond acceptors (Lipinski definition) is 5. The topological polar surface area (TPSA) is 64.7 Å². The molecule has 17 heavy (non-hydrogen) atoms. The molecule has 2 aromatic heterocycles. The van der Waals surface area contributed by atoms with Gasteiger partial charge in [-0.3, -0.25) is 0 Å². The number of rotatable bonds is 2. The molecule has 0 aliphatic carbocycles. The van der Waals surface area contributed by atoms with Gasteiger partial charge in [0.15, 0.2) is 5.13 Å². The molecule has 0 bridgehead atoms. The van der Waals surface area contributed by atoms with Crippen molar-refractivity contribution in [2.24, 2.45) is 0 Å². The van der Waals surface area contributed by atoms with Gasteiger partial charge < -0.3 is 5.73 Å². The molecule has 0 saturated carbocycles. The van der Waals surface area contributed by atoms with Gasteiger partial charge in [-0.1, -0.05) is 20.8 Å². The Morgan fingerprint density at radius 1 is 1.24 bits per heavy atom. The maximum atomic E-state index is 5.81. The van der Waals surface area contributed by atoms with E-state index in [1.165, 1.54) is 11.2 Å². The fourth-order valence-electron chi connectivity index (χ4n) is 1.68. The van der Waals surface area contributed by atoms with E-state index in [4.69, 9.17) is 5.73 Å². The molecule has 0 aliphatic rings. The van der Waals surface area contributed by atoms with Gasteiger partial charge in [0.05, 0.1) is 5.69 Å². The highest BCUT2D eigenvalue weighted by atomic mass is 32.1. The average molecular weight is 248 g/mol. The van der Waals surface area contributed by atoms with Crippen molar-refractivity contribution >= 4 is 16.5 Å². The molecule has 2 heterocycles. The molecule has 5 heteroatoms. The highest BCUT2D eigenvalue weighted by Crippen LogP contribution is 2.32. The largest absolute Gasteiger partial charge is 0.375 e. The van der Waals surface area contributed by atoms with E-state index in [1.54, 1.807) is 11.3 Å². The maximum absolute atomic E-state index is 5.81. The molecule has 0 unspecified atom stereocenters. The van der Waals surface area contributed by atoms with E-state index in [0.29, 0.717) is 5.13 Å². The van der Waals surface area contributed by atoms with Gasteiger partial charge in [-0.2, -0.15) is 0 Å². The van der Waals surface area contributed by atoms with Crippen LogP contribution in [0.5, 0.6) is 0 Å². The molecule has 4 nitrogen and oxygen atoms in total. The number of nitrogen functional groups attached to an aromatic ring is 1. The summed E-state index contributed by atoms with van der Waals surface area (Å²) in [5.74, 6) is 0. The molecule has 0 spiro atoms. The summed E-state index contributed by atoms with van der Waals surface area (Å²) in [7, 11) is 0. The van der Waals surface area contributed by atoms with Gasteiger partial charge in [-0.05, 0) is 5.56 Å². The van der Waals surface area contributed by atoms with Gasteiger partial charge >= 0.3 is 0 Å². The lowest BCUT2D eigenvalue weighted by Gasteiger charge is -2.17. The Morgan fingerprint density at radius 3 is 2.47 bits per heavy atom. The van der Waals surface area contributed by atoms with E-state index in [9.17, 15) is 0 Å². The molecule has 0 atom stereocenters. The number of aromatic nitrogens is 3. The van der Waals surface area contributed by atoms with Crippen LogP contribution in [0.15, 0.2) is 18.7 Å². The molecular formula is C12H16N4S. The summed E-state index contributed by atoms with van der Waals surface area (Å²) in [5.41, 5.74) is 7.98. The van der Waals surface area contributed by atoms with Gasteiger partial charge in [0, 0.05) is 29.1 Å². The number of nitrogens with two attached hydrogens (primary N) is 1. The Morgan fingerprint density at radius 2 is 1.88 bits per heavy atom. The van der Waals surface area contributed by atoms with Crippen molar-refractivity contribution in [1.82, 2.24) is 15.0 Å². The highest BCUT2D eigenvalue weighted by Gasteiger charge is 2.22. The zero-order valence-electron chi connectivity index (χ0n) is 10.3. The highest BCUT2D eigenvalue weighted by molar-refractivity contribution is 7.15. The summed E-state index contributed by atoms with van der Waals surface area (Å²) in [5, 5.41) is 0.627. The molecule has 0 saturated heterocycles. The number of thiazole rings is 1. The maximum Gasteiger partial charge on any atom is 0.180 e. The van der Waals surface area contributed by atoms with Crippen LogP contribution in [0.3, 0.4) is 0 Å². The summed E-state index contributed by atoms with van der Waals surface area (Å²) in [4.78, 5) is 13.7. The van der Waals surface area contributed by atoms with E-state index in [1.807, 2.05) is 12.4 Å². The lowest BCUT2D eigenvalue weighted by Crippen LogP contribution is -2.14. The predicted molar refractivity (Wildman–Crippen MR) is 70.1 cm³/mol. The molecule has 90 valence electrons.